The molecule has 0 amide bonds. The Kier molecular flexibility index (Phi) is 5.27. The van der Waals surface area contributed by atoms with Crippen molar-refractivity contribution in [2.45, 2.75) is 17.3 Å². The molecule has 0 aliphatic carbocycles. The van der Waals surface area contributed by atoms with Gasteiger partial charge >= 0.3 is 0 Å². The van der Waals surface area contributed by atoms with Gasteiger partial charge < -0.3 is 0 Å². The Morgan fingerprint density at radius 3 is 2.29 bits per heavy atom. The number of nitrogens with zero attached hydrogens (tertiary/aromatic N) is 1. The Bertz CT molecular complexity index is 715. The van der Waals surface area contributed by atoms with Crippen molar-refractivity contribution in [1.82, 2.24) is 4.31 Å². The summed E-state index contributed by atoms with van der Waals surface area (Å²) in [5.41, 5.74) is 1.72. The summed E-state index contributed by atoms with van der Waals surface area (Å²) in [4.78, 5) is 0.251. The van der Waals surface area contributed by atoms with E-state index in [0.29, 0.717) is 10.9 Å². The highest BCUT2D eigenvalue weighted by Gasteiger charge is 2.20. The highest BCUT2D eigenvalue weighted by Crippen LogP contribution is 2.19. The standard InChI is InChI=1S/C15H15Cl2NO2S/c1-18(11-13-3-2-4-14(17)9-13)21(19,20)15-7-5-12(10-16)6-8-15/h2-9H,10-11H2,1H3. The van der Waals surface area contributed by atoms with Crippen LogP contribution in [0, 0.1) is 0 Å². The topological polar surface area (TPSA) is 37.4 Å². The maximum absolute atomic E-state index is 12.5. The maximum atomic E-state index is 12.5. The second-order valence-corrected chi connectivity index (χ2v) is 7.42. The van der Waals surface area contributed by atoms with E-state index in [1.807, 2.05) is 6.07 Å². The second kappa shape index (κ2) is 6.79. The fraction of sp³-hybridized carbons (Fsp3) is 0.200. The molecule has 0 aromatic heterocycles. The van der Waals surface area contributed by atoms with Gasteiger partial charge in [0.25, 0.3) is 0 Å². The van der Waals surface area contributed by atoms with Gasteiger partial charge in [0.2, 0.25) is 10.0 Å². The van der Waals surface area contributed by atoms with Crippen molar-refractivity contribution in [3.8, 4) is 0 Å². The van der Waals surface area contributed by atoms with E-state index in [9.17, 15) is 8.42 Å². The lowest BCUT2D eigenvalue weighted by Crippen LogP contribution is -2.26. The van der Waals surface area contributed by atoms with Crippen LogP contribution in [0.25, 0.3) is 0 Å². The lowest BCUT2D eigenvalue weighted by atomic mass is 10.2. The van der Waals surface area contributed by atoms with E-state index in [0.717, 1.165) is 11.1 Å². The van der Waals surface area contributed by atoms with Crippen LogP contribution in [0.4, 0.5) is 0 Å². The third-order valence-electron chi connectivity index (χ3n) is 3.08. The Balaban J connectivity index is 2.21. The second-order valence-electron chi connectivity index (χ2n) is 4.67. The van der Waals surface area contributed by atoms with E-state index in [4.69, 9.17) is 23.2 Å². The predicted molar refractivity (Wildman–Crippen MR) is 86.1 cm³/mol. The van der Waals surface area contributed by atoms with Gasteiger partial charge in [-0.2, -0.15) is 4.31 Å². The van der Waals surface area contributed by atoms with E-state index < -0.39 is 10.0 Å². The summed E-state index contributed by atoms with van der Waals surface area (Å²) >= 11 is 11.6. The Hall–Kier alpha value is -1.07. The van der Waals surface area contributed by atoms with Crippen molar-refractivity contribution in [2.24, 2.45) is 0 Å². The zero-order valence-corrected chi connectivity index (χ0v) is 13.8. The van der Waals surface area contributed by atoms with Gasteiger partial charge in [0.1, 0.15) is 0 Å². The molecule has 2 rings (SSSR count). The quantitative estimate of drug-likeness (QED) is 0.772. The van der Waals surface area contributed by atoms with Crippen molar-refractivity contribution in [3.05, 3.63) is 64.7 Å². The number of rotatable bonds is 5. The highest BCUT2D eigenvalue weighted by molar-refractivity contribution is 7.89. The van der Waals surface area contributed by atoms with E-state index >= 15 is 0 Å². The van der Waals surface area contributed by atoms with Gasteiger partial charge in [0, 0.05) is 24.5 Å². The van der Waals surface area contributed by atoms with Crippen molar-refractivity contribution in [3.63, 3.8) is 0 Å². The number of benzene rings is 2. The average molecular weight is 344 g/mol. The van der Waals surface area contributed by atoms with Gasteiger partial charge in [0.05, 0.1) is 4.90 Å². The molecule has 0 spiro atoms. The van der Waals surface area contributed by atoms with Crippen LogP contribution in [-0.4, -0.2) is 19.8 Å². The Morgan fingerprint density at radius 1 is 1.05 bits per heavy atom. The maximum Gasteiger partial charge on any atom is 0.243 e. The lowest BCUT2D eigenvalue weighted by molar-refractivity contribution is 0.466. The molecule has 0 unspecified atom stereocenters. The molecule has 2 aromatic rings. The van der Waals surface area contributed by atoms with Gasteiger partial charge in [-0.15, -0.1) is 11.6 Å². The molecule has 0 heterocycles. The molecular weight excluding hydrogens is 329 g/mol. The first kappa shape index (κ1) is 16.3. The summed E-state index contributed by atoms with van der Waals surface area (Å²) in [5.74, 6) is 0.360. The fourth-order valence-corrected chi connectivity index (χ4v) is 3.46. The normalized spacial score (nSPS) is 11.8. The van der Waals surface area contributed by atoms with Crippen molar-refractivity contribution in [1.29, 1.82) is 0 Å². The van der Waals surface area contributed by atoms with Crippen LogP contribution in [0.5, 0.6) is 0 Å². The first-order chi connectivity index (χ1) is 9.93. The Labute approximate surface area is 135 Å². The highest BCUT2D eigenvalue weighted by atomic mass is 35.5. The van der Waals surface area contributed by atoms with Gasteiger partial charge in [-0.3, -0.25) is 0 Å². The summed E-state index contributed by atoms with van der Waals surface area (Å²) in [6.07, 6.45) is 0. The molecule has 0 aliphatic rings. The molecule has 2 aromatic carbocycles. The minimum atomic E-state index is -3.53. The summed E-state index contributed by atoms with van der Waals surface area (Å²) in [5, 5.41) is 0.588. The Morgan fingerprint density at radius 2 is 1.71 bits per heavy atom. The molecule has 3 nitrogen and oxygen atoms in total. The molecule has 21 heavy (non-hydrogen) atoms. The number of halogens is 2. The smallest absolute Gasteiger partial charge is 0.207 e. The van der Waals surface area contributed by atoms with Crippen LogP contribution < -0.4 is 0 Å². The van der Waals surface area contributed by atoms with Crippen molar-refractivity contribution >= 4 is 33.2 Å². The molecule has 0 saturated carbocycles. The monoisotopic (exact) mass is 343 g/mol. The number of alkyl halides is 1. The van der Waals surface area contributed by atoms with Crippen LogP contribution >= 0.6 is 23.2 Å². The zero-order valence-electron chi connectivity index (χ0n) is 11.5. The average Bonchev–Trinajstić information content (AvgIpc) is 2.47. The molecule has 0 N–H and O–H groups in total. The zero-order chi connectivity index (χ0) is 15.5. The van der Waals surface area contributed by atoms with Gasteiger partial charge in [-0.05, 0) is 35.4 Å². The molecule has 0 saturated heterocycles. The van der Waals surface area contributed by atoms with E-state index in [2.05, 4.69) is 0 Å². The van der Waals surface area contributed by atoms with Crippen LogP contribution in [-0.2, 0) is 22.4 Å². The minimum absolute atomic E-state index is 0.251. The molecule has 0 aliphatic heterocycles. The number of sulfonamides is 1. The van der Waals surface area contributed by atoms with Crippen molar-refractivity contribution in [2.75, 3.05) is 7.05 Å². The molecule has 0 fully saturated rings. The van der Waals surface area contributed by atoms with E-state index in [1.165, 1.54) is 4.31 Å². The molecule has 0 radical (unpaired) electrons. The lowest BCUT2D eigenvalue weighted by Gasteiger charge is -2.17. The number of hydrogen-bond acceptors (Lipinski definition) is 2. The van der Waals surface area contributed by atoms with Gasteiger partial charge in [-0.1, -0.05) is 35.9 Å². The SMILES string of the molecule is CN(Cc1cccc(Cl)c1)S(=O)(=O)c1ccc(CCl)cc1. The summed E-state index contributed by atoms with van der Waals surface area (Å²) in [6, 6.07) is 13.7. The summed E-state index contributed by atoms with van der Waals surface area (Å²) in [7, 11) is -1.98. The summed E-state index contributed by atoms with van der Waals surface area (Å²) in [6.45, 7) is 0.264. The van der Waals surface area contributed by atoms with Crippen LogP contribution in [0.15, 0.2) is 53.4 Å². The summed E-state index contributed by atoms with van der Waals surface area (Å²) < 4.78 is 26.3. The first-order valence-corrected chi connectivity index (χ1v) is 8.64. The first-order valence-electron chi connectivity index (χ1n) is 6.29. The fourth-order valence-electron chi connectivity index (χ4n) is 1.91. The predicted octanol–water partition coefficient (Wildman–Crippen LogP) is 3.90. The number of hydrogen-bond donors (Lipinski definition) is 0. The third-order valence-corrected chi connectivity index (χ3v) is 5.44. The van der Waals surface area contributed by atoms with Gasteiger partial charge in [0.15, 0.2) is 0 Å². The molecule has 0 atom stereocenters. The minimum Gasteiger partial charge on any atom is -0.207 e. The molecule has 112 valence electrons. The molecular formula is C15H15Cl2NO2S. The van der Waals surface area contributed by atoms with Crippen LogP contribution in [0.1, 0.15) is 11.1 Å². The molecule has 6 heteroatoms. The molecule has 0 bridgehead atoms. The van der Waals surface area contributed by atoms with E-state index in [1.54, 1.807) is 49.5 Å². The van der Waals surface area contributed by atoms with Crippen LogP contribution in [0.2, 0.25) is 5.02 Å². The van der Waals surface area contributed by atoms with E-state index in [-0.39, 0.29) is 11.4 Å². The third kappa shape index (κ3) is 3.98. The van der Waals surface area contributed by atoms with Crippen LogP contribution in [0.3, 0.4) is 0 Å². The van der Waals surface area contributed by atoms with Crippen molar-refractivity contribution < 1.29 is 8.42 Å². The largest absolute Gasteiger partial charge is 0.243 e. The van der Waals surface area contributed by atoms with Gasteiger partial charge in [-0.25, -0.2) is 8.42 Å².